The number of nitrogens with zero attached hydrogens (tertiary/aromatic N) is 2. The van der Waals surface area contributed by atoms with Gasteiger partial charge in [0.05, 0.1) is 11.3 Å². The topological polar surface area (TPSA) is 165 Å². The molecule has 0 spiro atoms. The molecule has 0 aromatic heterocycles. The van der Waals surface area contributed by atoms with Gasteiger partial charge in [-0.3, -0.25) is 29.3 Å². The van der Waals surface area contributed by atoms with Crippen molar-refractivity contribution in [2.75, 3.05) is 6.54 Å². The number of aryl methyl sites for hydroxylation is 1. The van der Waals surface area contributed by atoms with E-state index >= 15 is 0 Å². The second-order valence-corrected chi connectivity index (χ2v) is 17.5. The molecule has 1 aromatic carbocycles. The van der Waals surface area contributed by atoms with Crippen LogP contribution in [0.5, 0.6) is 0 Å². The standard InChI is InChI=1S/C38H56F3N5O7S/c1-2-12-30(34(47)44-54(52,53)28-20-21-28)42-35(48)31-18-11-22-46(31)36(49)33(26-14-7-5-8-15-26)43-32(38(39,40)41)19-9-4-3-6-13-25-16-10-17-27-23-45(37(50)51)24-29(25)27/h10,16-17,26,28,30-33,43H,2-9,11-15,18-24H2,1H3,(H,42,48)(H,44,47)(H,50,51)/t30?,31-,32?,33-/m0/s1. The minimum absolute atomic E-state index is 0.178. The fourth-order valence-electron chi connectivity index (χ4n) is 8.29. The quantitative estimate of drug-likeness (QED) is 0.141. The second kappa shape index (κ2) is 18.5. The van der Waals surface area contributed by atoms with Crippen LogP contribution in [-0.2, 0) is 43.9 Å². The molecule has 302 valence electrons. The number of sulfonamides is 1. The average Bonchev–Trinajstić information content (AvgIpc) is 3.72. The third-order valence-electron chi connectivity index (χ3n) is 11.5. The van der Waals surface area contributed by atoms with E-state index in [1.54, 1.807) is 6.92 Å². The fraction of sp³-hybridized carbons (Fsp3) is 0.737. The van der Waals surface area contributed by atoms with E-state index in [2.05, 4.69) is 15.4 Å². The summed E-state index contributed by atoms with van der Waals surface area (Å²) in [6.07, 6.45) is 3.33. The molecule has 1 aromatic rings. The number of likely N-dealkylation sites (tertiary alicyclic amines) is 1. The number of rotatable bonds is 18. The van der Waals surface area contributed by atoms with E-state index in [1.807, 2.05) is 18.2 Å². The number of carboxylic acid groups (broad SMARTS) is 1. The molecule has 2 saturated carbocycles. The lowest BCUT2D eigenvalue weighted by atomic mass is 9.82. The molecule has 0 radical (unpaired) electrons. The van der Waals surface area contributed by atoms with E-state index in [4.69, 9.17) is 0 Å². The molecule has 2 aliphatic carbocycles. The number of unbranched alkanes of at least 4 members (excludes halogenated alkanes) is 3. The lowest BCUT2D eigenvalue weighted by Gasteiger charge is -2.37. The van der Waals surface area contributed by atoms with Gasteiger partial charge >= 0.3 is 12.3 Å². The number of halogens is 3. The minimum atomic E-state index is -4.60. The highest BCUT2D eigenvalue weighted by Crippen LogP contribution is 2.33. The summed E-state index contributed by atoms with van der Waals surface area (Å²) >= 11 is 0. The van der Waals surface area contributed by atoms with Crippen molar-refractivity contribution in [3.63, 3.8) is 0 Å². The van der Waals surface area contributed by atoms with Crippen LogP contribution in [0.25, 0.3) is 0 Å². The fourth-order valence-corrected chi connectivity index (χ4v) is 9.64. The van der Waals surface area contributed by atoms with Gasteiger partial charge in [0.15, 0.2) is 0 Å². The Morgan fingerprint density at radius 3 is 2.31 bits per heavy atom. The molecule has 2 aliphatic heterocycles. The molecule has 3 fully saturated rings. The van der Waals surface area contributed by atoms with Gasteiger partial charge in [-0.25, -0.2) is 13.2 Å². The predicted octanol–water partition coefficient (Wildman–Crippen LogP) is 5.53. The van der Waals surface area contributed by atoms with E-state index in [9.17, 15) is 45.9 Å². The summed E-state index contributed by atoms with van der Waals surface area (Å²) in [6.45, 7) is 2.68. The first kappa shape index (κ1) is 41.8. The number of alkyl halides is 3. The molecule has 1 saturated heterocycles. The summed E-state index contributed by atoms with van der Waals surface area (Å²) in [4.78, 5) is 54.9. The van der Waals surface area contributed by atoms with Crippen LogP contribution in [0.15, 0.2) is 18.2 Å². The van der Waals surface area contributed by atoms with E-state index < -0.39 is 69.4 Å². The van der Waals surface area contributed by atoms with Gasteiger partial charge in [-0.2, -0.15) is 13.2 Å². The van der Waals surface area contributed by atoms with Gasteiger partial charge in [-0.15, -0.1) is 0 Å². The maximum Gasteiger partial charge on any atom is 0.407 e. The molecule has 4 amide bonds. The lowest BCUT2D eigenvalue weighted by molar-refractivity contribution is -0.164. The van der Waals surface area contributed by atoms with Crippen LogP contribution in [0.3, 0.4) is 0 Å². The molecule has 16 heteroatoms. The SMILES string of the molecule is CCCC(NC(=O)[C@@H]1CCCN1C(=O)[C@@H](NC(CCCCCCc1cccc2c1CN(C(=O)O)C2)C(F)(F)F)C1CCCCC1)C(=O)NS(=O)(=O)C1CC1. The third-order valence-corrected chi connectivity index (χ3v) is 13.3. The Balaban J connectivity index is 1.19. The normalized spacial score (nSPS) is 21.0. The van der Waals surface area contributed by atoms with E-state index in [0.29, 0.717) is 77.3 Å². The van der Waals surface area contributed by atoms with E-state index in [1.165, 1.54) is 9.80 Å². The molecule has 54 heavy (non-hydrogen) atoms. The van der Waals surface area contributed by atoms with E-state index in [0.717, 1.165) is 42.4 Å². The lowest BCUT2D eigenvalue weighted by Crippen LogP contribution is -2.60. The highest BCUT2D eigenvalue weighted by Gasteiger charge is 2.46. The molecule has 4 N–H and O–H groups in total. The zero-order chi connectivity index (χ0) is 39.0. The van der Waals surface area contributed by atoms with Crippen LogP contribution in [0.1, 0.15) is 126 Å². The van der Waals surface area contributed by atoms with Crippen molar-refractivity contribution in [2.45, 2.75) is 165 Å². The highest BCUT2D eigenvalue weighted by molar-refractivity contribution is 7.90. The van der Waals surface area contributed by atoms with Gasteiger partial charge in [0.1, 0.15) is 18.1 Å². The molecular formula is C38H56F3N5O7S. The largest absolute Gasteiger partial charge is 0.465 e. The molecular weight excluding hydrogens is 728 g/mol. The summed E-state index contributed by atoms with van der Waals surface area (Å²) in [5.74, 6) is -2.32. The maximum atomic E-state index is 14.6. The first-order valence-electron chi connectivity index (χ1n) is 19.8. The zero-order valence-corrected chi connectivity index (χ0v) is 32.0. The number of carbonyl (C=O) groups is 4. The van der Waals surface area contributed by atoms with E-state index in [-0.39, 0.29) is 31.7 Å². The molecule has 2 heterocycles. The van der Waals surface area contributed by atoms with Crippen molar-refractivity contribution in [1.82, 2.24) is 25.2 Å². The van der Waals surface area contributed by atoms with Gasteiger partial charge in [0.25, 0.3) is 5.91 Å². The number of carbonyl (C=O) groups excluding carboxylic acids is 3. The molecule has 5 rings (SSSR count). The maximum absolute atomic E-state index is 14.6. The van der Waals surface area contributed by atoms with Gasteiger partial charge in [-0.05, 0) is 86.8 Å². The van der Waals surface area contributed by atoms with Crippen molar-refractivity contribution in [2.24, 2.45) is 5.92 Å². The van der Waals surface area contributed by atoms with Crippen molar-refractivity contribution < 1.29 is 45.9 Å². The number of benzene rings is 1. The first-order valence-corrected chi connectivity index (χ1v) is 21.3. The third kappa shape index (κ3) is 10.9. The zero-order valence-electron chi connectivity index (χ0n) is 31.2. The summed E-state index contributed by atoms with van der Waals surface area (Å²) in [5, 5.41) is 14.2. The Kier molecular flexibility index (Phi) is 14.3. The molecule has 12 nitrogen and oxygen atoms in total. The van der Waals surface area contributed by atoms with Crippen LogP contribution in [-0.4, -0.2) is 89.3 Å². The van der Waals surface area contributed by atoms with Gasteiger partial charge in [-0.1, -0.05) is 70.1 Å². The van der Waals surface area contributed by atoms with Crippen LogP contribution in [0, 0.1) is 5.92 Å². The summed E-state index contributed by atoms with van der Waals surface area (Å²) < 4.78 is 70.7. The summed E-state index contributed by atoms with van der Waals surface area (Å²) in [5.41, 5.74) is 3.07. The average molecular weight is 784 g/mol. The Morgan fingerprint density at radius 2 is 1.65 bits per heavy atom. The Hall–Kier alpha value is -3.40. The first-order chi connectivity index (χ1) is 25.7. The molecule has 0 bridgehead atoms. The van der Waals surface area contributed by atoms with Crippen LogP contribution in [0.2, 0.25) is 0 Å². The Labute approximate surface area is 316 Å². The van der Waals surface area contributed by atoms with Crippen LogP contribution >= 0.6 is 0 Å². The van der Waals surface area contributed by atoms with Gasteiger partial charge < -0.3 is 15.3 Å². The molecule has 4 atom stereocenters. The molecule has 4 aliphatic rings. The highest BCUT2D eigenvalue weighted by atomic mass is 32.2. The smallest absolute Gasteiger partial charge is 0.407 e. The summed E-state index contributed by atoms with van der Waals surface area (Å²) in [7, 11) is -3.84. The summed E-state index contributed by atoms with van der Waals surface area (Å²) in [6, 6.07) is 0.655. The van der Waals surface area contributed by atoms with Crippen molar-refractivity contribution in [1.29, 1.82) is 0 Å². The number of hydrogen-bond donors (Lipinski definition) is 4. The Bertz CT molecular complexity index is 1600. The number of hydrogen-bond acceptors (Lipinski definition) is 7. The predicted molar refractivity (Wildman–Crippen MR) is 196 cm³/mol. The van der Waals surface area contributed by atoms with Crippen molar-refractivity contribution in [3.05, 3.63) is 34.9 Å². The number of fused-ring (bicyclic) bond motifs is 1. The second-order valence-electron chi connectivity index (χ2n) is 15.5. The van der Waals surface area contributed by atoms with Gasteiger partial charge in [0, 0.05) is 19.6 Å². The Morgan fingerprint density at radius 1 is 0.926 bits per heavy atom. The van der Waals surface area contributed by atoms with Crippen LogP contribution < -0.4 is 15.4 Å². The monoisotopic (exact) mass is 783 g/mol. The van der Waals surface area contributed by atoms with Crippen molar-refractivity contribution >= 4 is 33.8 Å². The van der Waals surface area contributed by atoms with Crippen LogP contribution in [0.4, 0.5) is 18.0 Å². The van der Waals surface area contributed by atoms with Gasteiger partial charge in [0.2, 0.25) is 21.8 Å². The van der Waals surface area contributed by atoms with Crippen molar-refractivity contribution in [3.8, 4) is 0 Å². The minimum Gasteiger partial charge on any atom is -0.465 e. The number of amides is 4. The molecule has 2 unspecified atom stereocenters. The number of nitrogens with one attached hydrogen (secondary N) is 3.